The molecule has 0 aliphatic heterocycles. The number of rotatable bonds is 7. The SMILES string of the molecule is CC(C)CC[C@H](C)NC(=O)COc1ccc(C#N)cc1Cl. The Kier molecular flexibility index (Phi) is 7.04. The van der Waals surface area contributed by atoms with E-state index in [2.05, 4.69) is 19.2 Å². The van der Waals surface area contributed by atoms with Gasteiger partial charge in [0.1, 0.15) is 5.75 Å². The number of halogens is 1. The van der Waals surface area contributed by atoms with Crippen LogP contribution >= 0.6 is 11.6 Å². The lowest BCUT2D eigenvalue weighted by Crippen LogP contribution is -2.36. The molecular formula is C16H21ClN2O2. The third-order valence-electron chi connectivity index (χ3n) is 3.00. The molecule has 0 aromatic heterocycles. The molecule has 0 heterocycles. The normalized spacial score (nSPS) is 11.8. The van der Waals surface area contributed by atoms with Crippen molar-refractivity contribution in [2.75, 3.05) is 6.61 Å². The highest BCUT2D eigenvalue weighted by atomic mass is 35.5. The molecule has 0 unspecified atom stereocenters. The molecule has 1 aromatic carbocycles. The van der Waals surface area contributed by atoms with Crippen LogP contribution in [0.15, 0.2) is 18.2 Å². The van der Waals surface area contributed by atoms with Gasteiger partial charge in [0.05, 0.1) is 16.7 Å². The van der Waals surface area contributed by atoms with Crippen molar-refractivity contribution in [2.24, 2.45) is 5.92 Å². The van der Waals surface area contributed by atoms with Crippen LogP contribution in [0, 0.1) is 17.2 Å². The Morgan fingerprint density at radius 2 is 2.10 bits per heavy atom. The molecule has 4 nitrogen and oxygen atoms in total. The van der Waals surface area contributed by atoms with Gasteiger partial charge in [0.2, 0.25) is 0 Å². The van der Waals surface area contributed by atoms with Crippen molar-refractivity contribution in [3.05, 3.63) is 28.8 Å². The molecule has 1 N–H and O–H groups in total. The molecular weight excluding hydrogens is 288 g/mol. The van der Waals surface area contributed by atoms with Gasteiger partial charge < -0.3 is 10.1 Å². The lowest BCUT2D eigenvalue weighted by molar-refractivity contribution is -0.123. The van der Waals surface area contributed by atoms with Crippen LogP contribution in [0.1, 0.15) is 39.2 Å². The summed E-state index contributed by atoms with van der Waals surface area (Å²) in [5.74, 6) is 0.852. The molecule has 0 radical (unpaired) electrons. The minimum absolute atomic E-state index is 0.0857. The van der Waals surface area contributed by atoms with Crippen LogP contribution in [-0.2, 0) is 4.79 Å². The maximum absolute atomic E-state index is 11.8. The van der Waals surface area contributed by atoms with Crippen molar-refractivity contribution < 1.29 is 9.53 Å². The van der Waals surface area contributed by atoms with Gasteiger partial charge in [0, 0.05) is 6.04 Å². The average molecular weight is 309 g/mol. The van der Waals surface area contributed by atoms with E-state index in [9.17, 15) is 4.79 Å². The van der Waals surface area contributed by atoms with Gasteiger partial charge in [-0.25, -0.2) is 0 Å². The first-order chi connectivity index (χ1) is 9.92. The zero-order valence-corrected chi connectivity index (χ0v) is 13.4. The number of amides is 1. The topological polar surface area (TPSA) is 62.1 Å². The molecule has 1 atom stereocenters. The minimum atomic E-state index is -0.174. The summed E-state index contributed by atoms with van der Waals surface area (Å²) in [5, 5.41) is 12.0. The Hall–Kier alpha value is -1.73. The fraction of sp³-hybridized carbons (Fsp3) is 0.500. The van der Waals surface area contributed by atoms with E-state index in [1.165, 1.54) is 6.07 Å². The summed E-state index contributed by atoms with van der Waals surface area (Å²) in [6.45, 7) is 6.21. The third kappa shape index (κ3) is 6.50. The van der Waals surface area contributed by atoms with Gasteiger partial charge in [0.15, 0.2) is 6.61 Å². The summed E-state index contributed by atoms with van der Waals surface area (Å²) in [6, 6.07) is 6.82. The minimum Gasteiger partial charge on any atom is -0.482 e. The van der Waals surface area contributed by atoms with Crippen LogP contribution < -0.4 is 10.1 Å². The van der Waals surface area contributed by atoms with Gasteiger partial charge in [-0.3, -0.25) is 4.79 Å². The third-order valence-corrected chi connectivity index (χ3v) is 3.30. The molecule has 1 aromatic rings. The van der Waals surface area contributed by atoms with Gasteiger partial charge in [-0.05, 0) is 43.9 Å². The molecule has 0 bridgehead atoms. The van der Waals surface area contributed by atoms with Crippen LogP contribution in [0.25, 0.3) is 0 Å². The molecule has 1 rings (SSSR count). The second-order valence-electron chi connectivity index (χ2n) is 5.49. The van der Waals surface area contributed by atoms with Gasteiger partial charge >= 0.3 is 0 Å². The molecule has 1 amide bonds. The molecule has 21 heavy (non-hydrogen) atoms. The fourth-order valence-corrected chi connectivity index (χ4v) is 2.04. The average Bonchev–Trinajstić information content (AvgIpc) is 2.43. The molecule has 114 valence electrons. The van der Waals surface area contributed by atoms with Crippen molar-refractivity contribution in [3.63, 3.8) is 0 Å². The van der Waals surface area contributed by atoms with Crippen molar-refractivity contribution in [3.8, 4) is 11.8 Å². The fourth-order valence-electron chi connectivity index (χ4n) is 1.80. The summed E-state index contributed by atoms with van der Waals surface area (Å²) < 4.78 is 5.37. The van der Waals surface area contributed by atoms with Crippen molar-refractivity contribution in [2.45, 2.75) is 39.7 Å². The molecule has 0 saturated heterocycles. The second kappa shape index (κ2) is 8.53. The first-order valence-corrected chi connectivity index (χ1v) is 7.42. The highest BCUT2D eigenvalue weighted by molar-refractivity contribution is 6.32. The maximum Gasteiger partial charge on any atom is 0.258 e. The highest BCUT2D eigenvalue weighted by Gasteiger charge is 2.10. The van der Waals surface area contributed by atoms with E-state index in [0.717, 1.165) is 12.8 Å². The van der Waals surface area contributed by atoms with E-state index >= 15 is 0 Å². The summed E-state index contributed by atoms with van der Waals surface area (Å²) in [5.41, 5.74) is 0.458. The van der Waals surface area contributed by atoms with Crippen LogP contribution in [0.4, 0.5) is 0 Å². The van der Waals surface area contributed by atoms with Crippen LogP contribution in [-0.4, -0.2) is 18.6 Å². The van der Waals surface area contributed by atoms with E-state index < -0.39 is 0 Å². The van der Waals surface area contributed by atoms with Crippen LogP contribution in [0.2, 0.25) is 5.02 Å². The van der Waals surface area contributed by atoms with E-state index in [4.69, 9.17) is 21.6 Å². The Bertz CT molecular complexity index is 523. The zero-order valence-electron chi connectivity index (χ0n) is 12.6. The number of nitrogens with one attached hydrogen (secondary N) is 1. The molecule has 0 aliphatic carbocycles. The Labute approximate surface area is 131 Å². The lowest BCUT2D eigenvalue weighted by atomic mass is 10.0. The molecule has 0 aliphatic rings. The molecule has 0 saturated carbocycles. The Morgan fingerprint density at radius 3 is 2.67 bits per heavy atom. The van der Waals surface area contributed by atoms with Crippen LogP contribution in [0.5, 0.6) is 5.75 Å². The monoisotopic (exact) mass is 308 g/mol. The number of nitriles is 1. The summed E-state index contributed by atoms with van der Waals surface area (Å²) in [7, 11) is 0. The molecule has 0 fully saturated rings. The van der Waals surface area contributed by atoms with Gasteiger partial charge in [-0.1, -0.05) is 25.4 Å². The lowest BCUT2D eigenvalue weighted by Gasteiger charge is -2.15. The smallest absolute Gasteiger partial charge is 0.258 e. The second-order valence-corrected chi connectivity index (χ2v) is 5.89. The standard InChI is InChI=1S/C16H21ClN2O2/c1-11(2)4-5-12(3)19-16(20)10-21-15-7-6-13(9-18)8-14(15)17/h6-8,11-12H,4-5,10H2,1-3H3,(H,19,20)/t12-/m0/s1. The van der Waals surface area contributed by atoms with Gasteiger partial charge in [-0.15, -0.1) is 0 Å². The van der Waals surface area contributed by atoms with Crippen molar-refractivity contribution in [1.29, 1.82) is 5.26 Å². The number of carbonyl (C=O) groups is 1. The van der Waals surface area contributed by atoms with E-state index in [-0.39, 0.29) is 18.6 Å². The predicted molar refractivity (Wildman–Crippen MR) is 83.3 cm³/mol. The number of ether oxygens (including phenoxy) is 1. The first-order valence-electron chi connectivity index (χ1n) is 7.04. The van der Waals surface area contributed by atoms with E-state index in [1.54, 1.807) is 12.1 Å². The quantitative estimate of drug-likeness (QED) is 0.838. The summed E-state index contributed by atoms with van der Waals surface area (Å²) in [4.78, 5) is 11.8. The number of benzene rings is 1. The Morgan fingerprint density at radius 1 is 1.38 bits per heavy atom. The van der Waals surface area contributed by atoms with E-state index in [0.29, 0.717) is 22.3 Å². The van der Waals surface area contributed by atoms with Gasteiger partial charge in [-0.2, -0.15) is 5.26 Å². The van der Waals surface area contributed by atoms with E-state index in [1.807, 2.05) is 13.0 Å². The highest BCUT2D eigenvalue weighted by Crippen LogP contribution is 2.25. The number of hydrogen-bond donors (Lipinski definition) is 1. The number of hydrogen-bond acceptors (Lipinski definition) is 3. The molecule has 5 heteroatoms. The molecule has 0 spiro atoms. The summed E-state index contributed by atoms with van der Waals surface area (Å²) >= 11 is 5.97. The zero-order chi connectivity index (χ0) is 15.8. The Balaban J connectivity index is 2.41. The maximum atomic E-state index is 11.8. The van der Waals surface area contributed by atoms with Crippen molar-refractivity contribution >= 4 is 17.5 Å². The first kappa shape index (κ1) is 17.3. The number of nitrogens with zero attached hydrogens (tertiary/aromatic N) is 1. The van der Waals surface area contributed by atoms with Crippen LogP contribution in [0.3, 0.4) is 0 Å². The summed E-state index contributed by atoms with van der Waals surface area (Å²) in [6.07, 6.45) is 2.02. The van der Waals surface area contributed by atoms with Crippen molar-refractivity contribution in [1.82, 2.24) is 5.32 Å². The van der Waals surface area contributed by atoms with Gasteiger partial charge in [0.25, 0.3) is 5.91 Å². The largest absolute Gasteiger partial charge is 0.482 e. The number of carbonyl (C=O) groups excluding carboxylic acids is 1. The predicted octanol–water partition coefficient (Wildman–Crippen LogP) is 3.53.